The van der Waals surface area contributed by atoms with Gasteiger partial charge in [0.2, 0.25) is 0 Å². The zero-order chi connectivity index (χ0) is 21.5. The largest absolute Gasteiger partial charge is 0.466 e. The molecule has 0 spiro atoms. The van der Waals surface area contributed by atoms with Crippen LogP contribution in [0.4, 0.5) is 0 Å². The number of hydrogen-bond acceptors (Lipinski definition) is 7. The van der Waals surface area contributed by atoms with Gasteiger partial charge in [0.25, 0.3) is 0 Å². The molecule has 2 aliphatic heterocycles. The number of methoxy groups -OCH3 is 1. The fraction of sp³-hybridized carbons (Fsp3) is 0.565. The van der Waals surface area contributed by atoms with Crippen LogP contribution in [0.1, 0.15) is 50.0 Å². The van der Waals surface area contributed by atoms with E-state index in [0.29, 0.717) is 12.0 Å². The first kappa shape index (κ1) is 21.3. The van der Waals surface area contributed by atoms with E-state index < -0.39 is 0 Å². The third-order valence-electron chi connectivity index (χ3n) is 6.11. The summed E-state index contributed by atoms with van der Waals surface area (Å²) in [6.45, 7) is 10.4. The molecule has 1 fully saturated rings. The highest BCUT2D eigenvalue weighted by Crippen LogP contribution is 2.48. The van der Waals surface area contributed by atoms with E-state index in [2.05, 4.69) is 35.5 Å². The molecule has 0 aromatic carbocycles. The Morgan fingerprint density at radius 1 is 1.33 bits per heavy atom. The summed E-state index contributed by atoms with van der Waals surface area (Å²) in [5, 5.41) is 5.51. The number of ether oxygens (including phenoxy) is 2. The maximum atomic E-state index is 13.2. The SMILES string of the molecule is COC(=O)C1=C(C)NC2=C(C(=O)CC(C)(C)C2)[C@H]1c1cc(CN2CCOCC2)cs1. The van der Waals surface area contributed by atoms with Gasteiger partial charge >= 0.3 is 5.97 Å². The van der Waals surface area contributed by atoms with Crippen molar-refractivity contribution in [3.63, 3.8) is 0 Å². The summed E-state index contributed by atoms with van der Waals surface area (Å²) < 4.78 is 10.6. The zero-order valence-electron chi connectivity index (χ0n) is 18.2. The monoisotopic (exact) mass is 430 g/mol. The summed E-state index contributed by atoms with van der Waals surface area (Å²) in [6, 6.07) is 2.16. The lowest BCUT2D eigenvalue weighted by Crippen LogP contribution is -2.38. The van der Waals surface area contributed by atoms with Gasteiger partial charge in [0, 0.05) is 47.9 Å². The van der Waals surface area contributed by atoms with Gasteiger partial charge in [-0.1, -0.05) is 13.8 Å². The van der Waals surface area contributed by atoms with Crippen LogP contribution in [0.3, 0.4) is 0 Å². The highest BCUT2D eigenvalue weighted by Gasteiger charge is 2.43. The van der Waals surface area contributed by atoms with E-state index in [0.717, 1.165) is 61.1 Å². The van der Waals surface area contributed by atoms with E-state index >= 15 is 0 Å². The van der Waals surface area contributed by atoms with Crippen molar-refractivity contribution in [3.05, 3.63) is 44.4 Å². The molecule has 162 valence electrons. The number of Topliss-reactive ketones (excluding diaryl/α,β-unsaturated/α-hetero) is 1. The molecule has 1 aromatic rings. The Kier molecular flexibility index (Phi) is 5.88. The molecule has 3 aliphatic rings. The van der Waals surface area contributed by atoms with E-state index in [4.69, 9.17) is 9.47 Å². The van der Waals surface area contributed by atoms with Gasteiger partial charge in [-0.2, -0.15) is 0 Å². The molecule has 0 amide bonds. The number of morpholine rings is 1. The van der Waals surface area contributed by atoms with Gasteiger partial charge in [0.1, 0.15) is 0 Å². The van der Waals surface area contributed by atoms with Crippen molar-refractivity contribution in [2.24, 2.45) is 5.41 Å². The Labute approximate surface area is 181 Å². The normalized spacial score (nSPS) is 24.5. The second-order valence-electron chi connectivity index (χ2n) is 9.17. The first-order valence-corrected chi connectivity index (χ1v) is 11.4. The van der Waals surface area contributed by atoms with Crippen LogP contribution >= 0.6 is 11.3 Å². The number of carbonyl (C=O) groups is 2. The molecule has 0 unspecified atom stereocenters. The van der Waals surface area contributed by atoms with Crippen molar-refractivity contribution in [1.82, 2.24) is 10.2 Å². The van der Waals surface area contributed by atoms with Crippen LogP contribution in [0.15, 0.2) is 34.0 Å². The van der Waals surface area contributed by atoms with Crippen LogP contribution in [0.25, 0.3) is 0 Å². The van der Waals surface area contributed by atoms with Gasteiger partial charge in [0.05, 0.1) is 31.8 Å². The number of allylic oxidation sites excluding steroid dienone is 3. The summed E-state index contributed by atoms with van der Waals surface area (Å²) in [7, 11) is 1.40. The van der Waals surface area contributed by atoms with Crippen LogP contribution < -0.4 is 5.32 Å². The number of rotatable bonds is 4. The molecule has 1 atom stereocenters. The standard InChI is InChI=1S/C23H30N2O4S/c1-14-19(22(27)28-4)21(20-16(24-14)10-23(2,3)11-17(20)26)18-9-15(13-30-18)12-25-5-7-29-8-6-25/h9,13,21,24H,5-8,10-12H2,1-4H3/t21-/m0/s1. The van der Waals surface area contributed by atoms with Crippen molar-refractivity contribution in [2.75, 3.05) is 33.4 Å². The van der Waals surface area contributed by atoms with Gasteiger partial charge < -0.3 is 14.8 Å². The van der Waals surface area contributed by atoms with E-state index in [9.17, 15) is 9.59 Å². The predicted molar refractivity (Wildman–Crippen MR) is 116 cm³/mol. The van der Waals surface area contributed by atoms with Crippen LogP contribution in [-0.4, -0.2) is 50.1 Å². The Bertz CT molecular complexity index is 921. The fourth-order valence-corrected chi connectivity index (χ4v) is 5.77. The minimum absolute atomic E-state index is 0.0898. The number of nitrogens with zero attached hydrogens (tertiary/aromatic N) is 1. The number of carbonyl (C=O) groups excluding carboxylic acids is 2. The van der Waals surface area contributed by atoms with E-state index in [1.165, 1.54) is 12.7 Å². The molecule has 3 heterocycles. The van der Waals surface area contributed by atoms with Crippen molar-refractivity contribution < 1.29 is 19.1 Å². The van der Waals surface area contributed by atoms with Crippen molar-refractivity contribution in [2.45, 2.75) is 46.1 Å². The molecule has 0 bridgehead atoms. The van der Waals surface area contributed by atoms with Gasteiger partial charge in [-0.15, -0.1) is 11.3 Å². The molecule has 4 rings (SSSR count). The Hall–Kier alpha value is -1.96. The van der Waals surface area contributed by atoms with Crippen LogP contribution in [0, 0.1) is 5.41 Å². The molecule has 0 radical (unpaired) electrons. The van der Waals surface area contributed by atoms with Crippen molar-refractivity contribution >= 4 is 23.1 Å². The molecule has 1 aromatic heterocycles. The molecular formula is C23H30N2O4S. The minimum atomic E-state index is -0.377. The summed E-state index contributed by atoms with van der Waals surface area (Å²) in [5.41, 5.74) is 4.13. The topological polar surface area (TPSA) is 67.9 Å². The maximum absolute atomic E-state index is 13.2. The number of thiophene rings is 1. The molecule has 0 saturated carbocycles. The summed E-state index contributed by atoms with van der Waals surface area (Å²) in [4.78, 5) is 29.3. The lowest BCUT2D eigenvalue weighted by molar-refractivity contribution is -0.136. The second kappa shape index (κ2) is 8.29. The average Bonchev–Trinajstić information content (AvgIpc) is 3.14. The smallest absolute Gasteiger partial charge is 0.336 e. The first-order chi connectivity index (χ1) is 14.3. The fourth-order valence-electron chi connectivity index (χ4n) is 4.75. The predicted octanol–water partition coefficient (Wildman–Crippen LogP) is 3.36. The molecular weight excluding hydrogens is 400 g/mol. The average molecular weight is 431 g/mol. The Morgan fingerprint density at radius 2 is 2.07 bits per heavy atom. The Morgan fingerprint density at radius 3 is 2.77 bits per heavy atom. The summed E-state index contributed by atoms with van der Waals surface area (Å²) in [6.07, 6.45) is 1.28. The van der Waals surface area contributed by atoms with Gasteiger partial charge in [0.15, 0.2) is 5.78 Å². The van der Waals surface area contributed by atoms with Crippen molar-refractivity contribution in [1.29, 1.82) is 0 Å². The van der Waals surface area contributed by atoms with Crippen molar-refractivity contribution in [3.8, 4) is 0 Å². The van der Waals surface area contributed by atoms with Gasteiger partial charge in [-0.25, -0.2) is 4.79 Å². The number of dihydropyridines is 1. The first-order valence-electron chi connectivity index (χ1n) is 10.5. The number of ketones is 1. The molecule has 1 aliphatic carbocycles. The number of hydrogen-bond donors (Lipinski definition) is 1. The van der Waals surface area contributed by atoms with E-state index in [1.54, 1.807) is 11.3 Å². The third-order valence-corrected chi connectivity index (χ3v) is 7.16. The molecule has 1 saturated heterocycles. The molecule has 6 nitrogen and oxygen atoms in total. The zero-order valence-corrected chi connectivity index (χ0v) is 19.0. The van der Waals surface area contributed by atoms with Gasteiger partial charge in [-0.05, 0) is 35.8 Å². The molecule has 1 N–H and O–H groups in total. The Balaban J connectivity index is 1.71. The third kappa shape index (κ3) is 4.11. The second-order valence-corrected chi connectivity index (χ2v) is 10.1. The van der Waals surface area contributed by atoms with Crippen LogP contribution in [0.2, 0.25) is 0 Å². The minimum Gasteiger partial charge on any atom is -0.466 e. The summed E-state index contributed by atoms with van der Waals surface area (Å²) in [5.74, 6) is -0.617. The van der Waals surface area contributed by atoms with E-state index in [-0.39, 0.29) is 23.1 Å². The molecule has 30 heavy (non-hydrogen) atoms. The van der Waals surface area contributed by atoms with Crippen LogP contribution in [-0.2, 0) is 25.6 Å². The lowest BCUT2D eigenvalue weighted by Gasteiger charge is -2.39. The van der Waals surface area contributed by atoms with E-state index in [1.807, 2.05) is 6.92 Å². The lowest BCUT2D eigenvalue weighted by atomic mass is 9.70. The van der Waals surface area contributed by atoms with Crippen LogP contribution in [0.5, 0.6) is 0 Å². The summed E-state index contributed by atoms with van der Waals surface area (Å²) >= 11 is 1.62. The number of esters is 1. The maximum Gasteiger partial charge on any atom is 0.336 e. The molecule has 7 heteroatoms. The highest BCUT2D eigenvalue weighted by molar-refractivity contribution is 7.10. The quantitative estimate of drug-likeness (QED) is 0.739. The number of nitrogens with one attached hydrogen (secondary N) is 1. The highest BCUT2D eigenvalue weighted by atomic mass is 32.1. The van der Waals surface area contributed by atoms with Gasteiger partial charge in [-0.3, -0.25) is 9.69 Å².